The molecule has 0 fully saturated rings. The van der Waals surface area contributed by atoms with Crippen molar-refractivity contribution in [2.75, 3.05) is 0 Å². The van der Waals surface area contributed by atoms with Crippen LogP contribution >= 0.6 is 0 Å². The molecule has 0 atom stereocenters. The summed E-state index contributed by atoms with van der Waals surface area (Å²) < 4.78 is 37.2. The Morgan fingerprint density at radius 2 is 1.93 bits per heavy atom. The molecule has 0 bridgehead atoms. The van der Waals surface area contributed by atoms with E-state index in [0.29, 0.717) is 6.29 Å². The number of carbonyl (C=O) groups is 2. The fraction of sp³-hybridized carbons (Fsp3) is 0.200. The van der Waals surface area contributed by atoms with Crippen LogP contribution in [0.5, 0.6) is 0 Å². The minimum atomic E-state index is -4.58. The van der Waals surface area contributed by atoms with E-state index in [2.05, 4.69) is 0 Å². The number of hydrogen-bond donors (Lipinski definition) is 0. The molecular formula is C10H7F3O2. The lowest BCUT2D eigenvalue weighted by Crippen LogP contribution is -2.12. The molecule has 0 heterocycles. The first-order chi connectivity index (χ1) is 6.86. The first kappa shape index (κ1) is 11.4. The van der Waals surface area contributed by atoms with Gasteiger partial charge in [-0.15, -0.1) is 0 Å². The van der Waals surface area contributed by atoms with Crippen molar-refractivity contribution in [2.24, 2.45) is 0 Å². The predicted molar refractivity (Wildman–Crippen MR) is 46.8 cm³/mol. The molecule has 0 aliphatic heterocycles. The van der Waals surface area contributed by atoms with Crippen molar-refractivity contribution in [1.29, 1.82) is 0 Å². The summed E-state index contributed by atoms with van der Waals surface area (Å²) >= 11 is 0. The van der Waals surface area contributed by atoms with Gasteiger partial charge in [0.15, 0.2) is 5.78 Å². The summed E-state index contributed by atoms with van der Waals surface area (Å²) in [5.74, 6) is -0.717. The fourth-order valence-electron chi connectivity index (χ4n) is 1.17. The van der Waals surface area contributed by atoms with Crippen molar-refractivity contribution in [3.8, 4) is 0 Å². The zero-order valence-electron chi connectivity index (χ0n) is 7.76. The highest BCUT2D eigenvalue weighted by atomic mass is 19.4. The molecule has 0 spiro atoms. The van der Waals surface area contributed by atoms with Crippen LogP contribution < -0.4 is 0 Å². The van der Waals surface area contributed by atoms with Gasteiger partial charge in [-0.05, 0) is 19.1 Å². The van der Waals surface area contributed by atoms with Gasteiger partial charge in [0.25, 0.3) is 0 Å². The highest BCUT2D eigenvalue weighted by Gasteiger charge is 2.34. The van der Waals surface area contributed by atoms with E-state index in [1.807, 2.05) is 0 Å². The second-order valence-corrected chi connectivity index (χ2v) is 2.98. The third kappa shape index (κ3) is 2.43. The van der Waals surface area contributed by atoms with Gasteiger partial charge in [0, 0.05) is 11.1 Å². The number of aldehydes is 1. The Labute approximate surface area is 83.7 Å². The van der Waals surface area contributed by atoms with Crippen molar-refractivity contribution in [3.63, 3.8) is 0 Å². The average Bonchev–Trinajstić information content (AvgIpc) is 2.15. The minimum absolute atomic E-state index is 0.0493. The topological polar surface area (TPSA) is 34.1 Å². The third-order valence-electron chi connectivity index (χ3n) is 1.86. The van der Waals surface area contributed by atoms with Crippen LogP contribution in [0.25, 0.3) is 0 Å². The lowest BCUT2D eigenvalue weighted by Gasteiger charge is -2.10. The molecule has 1 aromatic carbocycles. The lowest BCUT2D eigenvalue weighted by molar-refractivity contribution is -0.137. The fourth-order valence-corrected chi connectivity index (χ4v) is 1.17. The summed E-state index contributed by atoms with van der Waals surface area (Å²) in [7, 11) is 0. The van der Waals surface area contributed by atoms with Crippen LogP contribution in [0.15, 0.2) is 18.2 Å². The van der Waals surface area contributed by atoms with Crippen molar-refractivity contribution in [3.05, 3.63) is 34.9 Å². The Kier molecular flexibility index (Phi) is 2.93. The molecular weight excluding hydrogens is 209 g/mol. The maximum Gasteiger partial charge on any atom is 0.417 e. The number of ketones is 1. The molecule has 0 aliphatic rings. The average molecular weight is 216 g/mol. The quantitative estimate of drug-likeness (QED) is 0.562. The molecule has 0 N–H and O–H groups in total. The van der Waals surface area contributed by atoms with Crippen LogP contribution in [0, 0.1) is 0 Å². The van der Waals surface area contributed by atoms with E-state index in [1.54, 1.807) is 0 Å². The molecule has 1 rings (SSSR count). The third-order valence-corrected chi connectivity index (χ3v) is 1.86. The van der Waals surface area contributed by atoms with Crippen LogP contribution in [0.2, 0.25) is 0 Å². The van der Waals surface area contributed by atoms with Crippen molar-refractivity contribution < 1.29 is 22.8 Å². The summed E-state index contributed by atoms with van der Waals surface area (Å²) in [5, 5.41) is 0. The Balaban J connectivity index is 3.40. The number of hydrogen-bond acceptors (Lipinski definition) is 2. The van der Waals surface area contributed by atoms with Crippen LogP contribution in [0.1, 0.15) is 33.2 Å². The van der Waals surface area contributed by atoms with Crippen molar-refractivity contribution in [2.45, 2.75) is 13.1 Å². The van der Waals surface area contributed by atoms with Crippen LogP contribution in [0.4, 0.5) is 13.2 Å². The van der Waals surface area contributed by atoms with E-state index in [-0.39, 0.29) is 5.56 Å². The van der Waals surface area contributed by atoms with Gasteiger partial charge in [-0.2, -0.15) is 13.2 Å². The number of Topliss-reactive ketones (excluding diaryl/α,β-unsaturated/α-hetero) is 1. The highest BCUT2D eigenvalue weighted by molar-refractivity contribution is 5.97. The molecule has 0 radical (unpaired) electrons. The van der Waals surface area contributed by atoms with E-state index < -0.39 is 23.1 Å². The molecule has 0 saturated carbocycles. The molecule has 0 aliphatic carbocycles. The first-order valence-electron chi connectivity index (χ1n) is 4.03. The molecule has 0 saturated heterocycles. The Morgan fingerprint density at radius 1 is 1.33 bits per heavy atom. The molecule has 1 aromatic rings. The molecule has 15 heavy (non-hydrogen) atoms. The normalized spacial score (nSPS) is 11.2. The second-order valence-electron chi connectivity index (χ2n) is 2.98. The SMILES string of the molecule is CC(=O)c1cc(C=O)ccc1C(F)(F)F. The molecule has 0 aromatic heterocycles. The zero-order valence-corrected chi connectivity index (χ0v) is 7.76. The number of alkyl halides is 3. The maximum absolute atomic E-state index is 12.4. The molecule has 5 heteroatoms. The van der Waals surface area contributed by atoms with Crippen molar-refractivity contribution in [1.82, 2.24) is 0 Å². The summed E-state index contributed by atoms with van der Waals surface area (Å²) in [6.45, 7) is 1.03. The van der Waals surface area contributed by atoms with E-state index in [1.165, 1.54) is 0 Å². The van der Waals surface area contributed by atoms with Gasteiger partial charge in [0.05, 0.1) is 5.56 Å². The first-order valence-corrected chi connectivity index (χ1v) is 4.03. The lowest BCUT2D eigenvalue weighted by atomic mass is 10.0. The van der Waals surface area contributed by atoms with Crippen LogP contribution in [-0.4, -0.2) is 12.1 Å². The molecule has 0 amide bonds. The van der Waals surface area contributed by atoms with Crippen molar-refractivity contribution >= 4 is 12.1 Å². The largest absolute Gasteiger partial charge is 0.417 e. The number of benzene rings is 1. The van der Waals surface area contributed by atoms with E-state index >= 15 is 0 Å². The summed E-state index contributed by atoms with van der Waals surface area (Å²) in [4.78, 5) is 21.3. The summed E-state index contributed by atoms with van der Waals surface area (Å²) in [6.07, 6.45) is -4.19. The van der Waals surface area contributed by atoms with Gasteiger partial charge < -0.3 is 0 Å². The minimum Gasteiger partial charge on any atom is -0.298 e. The zero-order chi connectivity index (χ0) is 11.6. The summed E-state index contributed by atoms with van der Waals surface area (Å²) in [6, 6.07) is 2.71. The number of halogens is 3. The van der Waals surface area contributed by atoms with Crippen LogP contribution in [0.3, 0.4) is 0 Å². The van der Waals surface area contributed by atoms with Gasteiger partial charge >= 0.3 is 6.18 Å². The van der Waals surface area contributed by atoms with Gasteiger partial charge in [-0.3, -0.25) is 9.59 Å². The smallest absolute Gasteiger partial charge is 0.298 e. The van der Waals surface area contributed by atoms with Gasteiger partial charge in [-0.25, -0.2) is 0 Å². The Morgan fingerprint density at radius 3 is 2.33 bits per heavy atom. The predicted octanol–water partition coefficient (Wildman–Crippen LogP) is 2.72. The summed E-state index contributed by atoms with van der Waals surface area (Å²) in [5.41, 5.74) is -1.44. The molecule has 0 unspecified atom stereocenters. The maximum atomic E-state index is 12.4. The number of carbonyl (C=O) groups excluding carboxylic acids is 2. The molecule has 80 valence electrons. The monoisotopic (exact) mass is 216 g/mol. The Hall–Kier alpha value is -1.65. The van der Waals surface area contributed by atoms with Crippen LogP contribution in [-0.2, 0) is 6.18 Å². The molecule has 2 nitrogen and oxygen atoms in total. The number of rotatable bonds is 2. The van der Waals surface area contributed by atoms with Gasteiger partial charge in [0.2, 0.25) is 0 Å². The van der Waals surface area contributed by atoms with E-state index in [9.17, 15) is 22.8 Å². The Bertz CT molecular complexity index is 408. The second kappa shape index (κ2) is 3.84. The standard InChI is InChI=1S/C10H7F3O2/c1-6(15)8-4-7(5-14)2-3-9(8)10(11,12)13/h2-5H,1H3. The van der Waals surface area contributed by atoms with Gasteiger partial charge in [0.1, 0.15) is 6.29 Å². The van der Waals surface area contributed by atoms with E-state index in [4.69, 9.17) is 0 Å². The van der Waals surface area contributed by atoms with Gasteiger partial charge in [-0.1, -0.05) is 6.07 Å². The highest BCUT2D eigenvalue weighted by Crippen LogP contribution is 2.32. The van der Waals surface area contributed by atoms with E-state index in [0.717, 1.165) is 25.1 Å².